The number of nitriles is 1. The van der Waals surface area contributed by atoms with Crippen molar-refractivity contribution in [2.24, 2.45) is 0 Å². The second-order valence-corrected chi connectivity index (χ2v) is 2.58. The zero-order chi connectivity index (χ0) is 9.84. The van der Waals surface area contributed by atoms with E-state index in [9.17, 15) is 8.78 Å². The Morgan fingerprint density at radius 3 is 2.77 bits per heavy atom. The molecule has 5 heteroatoms. The molecule has 0 unspecified atom stereocenters. The second kappa shape index (κ2) is 4.15. The molecule has 0 radical (unpaired) electrons. The highest BCUT2D eigenvalue weighted by atomic mass is 35.5. The predicted molar refractivity (Wildman–Crippen MR) is 43.5 cm³/mol. The molecule has 0 bridgehead atoms. The van der Waals surface area contributed by atoms with E-state index in [1.54, 1.807) is 0 Å². The van der Waals surface area contributed by atoms with E-state index in [1.807, 2.05) is 6.07 Å². The molecule has 0 saturated carbocycles. The van der Waals surface area contributed by atoms with E-state index < -0.39 is 6.43 Å². The molecule has 0 aliphatic heterocycles. The Morgan fingerprint density at radius 1 is 1.62 bits per heavy atom. The van der Waals surface area contributed by atoms with Gasteiger partial charge >= 0.3 is 0 Å². The van der Waals surface area contributed by atoms with Gasteiger partial charge in [0.25, 0.3) is 6.43 Å². The lowest BCUT2D eigenvalue weighted by atomic mass is 10.1. The lowest BCUT2D eigenvalue weighted by Gasteiger charge is -2.02. The average molecular weight is 203 g/mol. The smallest absolute Gasteiger partial charge is 0.254 e. The Balaban J connectivity index is 3.15. The quantitative estimate of drug-likeness (QED) is 0.692. The van der Waals surface area contributed by atoms with E-state index in [0.717, 1.165) is 12.3 Å². The molecule has 0 aliphatic carbocycles. The highest BCUT2D eigenvalue weighted by Crippen LogP contribution is 2.19. The van der Waals surface area contributed by atoms with Crippen molar-refractivity contribution in [2.75, 3.05) is 0 Å². The van der Waals surface area contributed by atoms with Crippen LogP contribution >= 0.6 is 11.6 Å². The predicted octanol–water partition coefficient (Wildman–Crippen LogP) is 2.63. The van der Waals surface area contributed by atoms with Gasteiger partial charge in [0.05, 0.1) is 5.56 Å². The van der Waals surface area contributed by atoms with Crippen LogP contribution in [-0.4, -0.2) is 4.98 Å². The summed E-state index contributed by atoms with van der Waals surface area (Å²) in [7, 11) is 0. The van der Waals surface area contributed by atoms with Gasteiger partial charge in [-0.3, -0.25) is 4.98 Å². The molecule has 0 spiro atoms. The van der Waals surface area contributed by atoms with E-state index in [-0.39, 0.29) is 17.1 Å². The molecule has 1 heterocycles. The maximum atomic E-state index is 12.1. The Bertz CT molecular complexity index is 346. The highest BCUT2D eigenvalue weighted by Gasteiger charge is 2.11. The van der Waals surface area contributed by atoms with Gasteiger partial charge in [0.15, 0.2) is 0 Å². The van der Waals surface area contributed by atoms with E-state index in [2.05, 4.69) is 4.98 Å². The summed E-state index contributed by atoms with van der Waals surface area (Å²) >= 11 is 5.46. The first-order valence-corrected chi connectivity index (χ1v) is 3.95. The van der Waals surface area contributed by atoms with Crippen molar-refractivity contribution in [3.8, 4) is 6.07 Å². The number of hydrogen-bond donors (Lipinski definition) is 0. The summed E-state index contributed by atoms with van der Waals surface area (Å²) in [6.45, 7) is 0. The van der Waals surface area contributed by atoms with E-state index in [4.69, 9.17) is 16.9 Å². The second-order valence-electron chi connectivity index (χ2n) is 2.31. The van der Waals surface area contributed by atoms with Crippen LogP contribution in [0.4, 0.5) is 8.78 Å². The Hall–Kier alpha value is -1.21. The van der Waals surface area contributed by atoms with Crippen LogP contribution in [0.2, 0.25) is 0 Å². The molecular weight excluding hydrogens is 198 g/mol. The van der Waals surface area contributed by atoms with Crippen LogP contribution in [-0.2, 0) is 5.88 Å². The van der Waals surface area contributed by atoms with Crippen LogP contribution in [0.1, 0.15) is 23.2 Å². The van der Waals surface area contributed by atoms with Crippen LogP contribution < -0.4 is 0 Å². The summed E-state index contributed by atoms with van der Waals surface area (Å²) in [5, 5.41) is 8.54. The van der Waals surface area contributed by atoms with Gasteiger partial charge in [-0.05, 0) is 11.6 Å². The van der Waals surface area contributed by atoms with Crippen LogP contribution in [0, 0.1) is 11.3 Å². The van der Waals surface area contributed by atoms with Gasteiger partial charge in [-0.25, -0.2) is 8.78 Å². The fourth-order valence-electron chi connectivity index (χ4n) is 0.846. The van der Waals surface area contributed by atoms with Gasteiger partial charge in [0.1, 0.15) is 11.8 Å². The van der Waals surface area contributed by atoms with Gasteiger partial charge < -0.3 is 0 Å². The summed E-state index contributed by atoms with van der Waals surface area (Å²) < 4.78 is 24.3. The fourth-order valence-corrected chi connectivity index (χ4v) is 1.07. The molecule has 2 nitrogen and oxygen atoms in total. The number of nitrogens with zero attached hydrogens (tertiary/aromatic N) is 2. The van der Waals surface area contributed by atoms with Gasteiger partial charge in [-0.15, -0.1) is 11.6 Å². The van der Waals surface area contributed by atoms with Crippen LogP contribution in [0.15, 0.2) is 12.3 Å². The first-order valence-electron chi connectivity index (χ1n) is 3.42. The summed E-state index contributed by atoms with van der Waals surface area (Å²) in [5.41, 5.74) is 0.267. The lowest BCUT2D eigenvalue weighted by Crippen LogP contribution is -1.95. The molecule has 0 saturated heterocycles. The molecule has 13 heavy (non-hydrogen) atoms. The molecule has 0 fully saturated rings. The van der Waals surface area contributed by atoms with Gasteiger partial charge in [0.2, 0.25) is 0 Å². The van der Waals surface area contributed by atoms with Crippen molar-refractivity contribution >= 4 is 11.6 Å². The number of hydrogen-bond acceptors (Lipinski definition) is 2. The molecule has 1 rings (SSSR count). The van der Waals surface area contributed by atoms with Gasteiger partial charge in [0, 0.05) is 12.1 Å². The fraction of sp³-hybridized carbons (Fsp3) is 0.250. The van der Waals surface area contributed by atoms with Crippen molar-refractivity contribution in [2.45, 2.75) is 12.3 Å². The summed E-state index contributed by atoms with van der Waals surface area (Å²) in [6, 6.07) is 2.97. The number of aromatic nitrogens is 1. The molecule has 68 valence electrons. The molecule has 0 amide bonds. The van der Waals surface area contributed by atoms with Crippen LogP contribution in [0.3, 0.4) is 0 Å². The number of halogens is 3. The Morgan fingerprint density at radius 2 is 2.31 bits per heavy atom. The van der Waals surface area contributed by atoms with Gasteiger partial charge in [-0.2, -0.15) is 5.26 Å². The third-order valence-corrected chi connectivity index (χ3v) is 1.79. The van der Waals surface area contributed by atoms with Crippen LogP contribution in [0.25, 0.3) is 0 Å². The maximum Gasteiger partial charge on any atom is 0.280 e. The number of alkyl halides is 3. The zero-order valence-corrected chi connectivity index (χ0v) is 7.22. The third-order valence-electron chi connectivity index (χ3n) is 1.50. The standard InChI is InChI=1S/C8H5ClF2N2/c9-2-5-1-7(8(10)11)13-4-6(5)3-12/h1,4,8H,2H2. The number of rotatable bonds is 2. The van der Waals surface area contributed by atoms with E-state index in [0.29, 0.717) is 5.56 Å². The normalized spacial score (nSPS) is 10.1. The third kappa shape index (κ3) is 2.13. The Labute approximate surface area is 78.8 Å². The minimum absolute atomic E-state index is 0.0329. The summed E-state index contributed by atoms with van der Waals surface area (Å²) in [4.78, 5) is 3.43. The highest BCUT2D eigenvalue weighted by molar-refractivity contribution is 6.17. The van der Waals surface area contributed by atoms with E-state index in [1.165, 1.54) is 0 Å². The largest absolute Gasteiger partial charge is 0.280 e. The molecule has 0 atom stereocenters. The first-order chi connectivity index (χ1) is 6.19. The summed E-state index contributed by atoms with van der Waals surface area (Å²) in [6.07, 6.45) is -1.52. The number of pyridine rings is 1. The molecule has 0 N–H and O–H groups in total. The molecule has 0 aliphatic rings. The van der Waals surface area contributed by atoms with E-state index >= 15 is 0 Å². The van der Waals surface area contributed by atoms with Crippen molar-refractivity contribution in [3.63, 3.8) is 0 Å². The van der Waals surface area contributed by atoms with Gasteiger partial charge in [-0.1, -0.05) is 0 Å². The maximum absolute atomic E-state index is 12.1. The van der Waals surface area contributed by atoms with Crippen molar-refractivity contribution < 1.29 is 8.78 Å². The van der Waals surface area contributed by atoms with Crippen LogP contribution in [0.5, 0.6) is 0 Å². The van der Waals surface area contributed by atoms with Crippen molar-refractivity contribution in [1.82, 2.24) is 4.98 Å². The lowest BCUT2D eigenvalue weighted by molar-refractivity contribution is 0.146. The topological polar surface area (TPSA) is 36.7 Å². The minimum Gasteiger partial charge on any atom is -0.254 e. The Kier molecular flexibility index (Phi) is 3.15. The molecule has 0 aromatic carbocycles. The monoisotopic (exact) mass is 202 g/mol. The molecular formula is C8H5ClF2N2. The molecule has 1 aromatic rings. The minimum atomic E-state index is -2.63. The average Bonchev–Trinajstić information content (AvgIpc) is 2.16. The SMILES string of the molecule is N#Cc1cnc(C(F)F)cc1CCl. The first kappa shape index (κ1) is 9.87. The zero-order valence-electron chi connectivity index (χ0n) is 6.47. The van der Waals surface area contributed by atoms with Crippen molar-refractivity contribution in [1.29, 1.82) is 5.26 Å². The van der Waals surface area contributed by atoms with Crippen molar-refractivity contribution in [3.05, 3.63) is 29.1 Å². The molecule has 1 aromatic heterocycles. The summed E-state index contributed by atoms with van der Waals surface area (Å²) in [5.74, 6) is 0.0329.